The molecule has 0 radical (unpaired) electrons. The maximum Gasteiger partial charge on any atom is 0.123 e. The number of fused-ring (bicyclic) bond motifs is 1. The first kappa shape index (κ1) is 8.38. The van der Waals surface area contributed by atoms with Gasteiger partial charge in [-0.05, 0) is 30.7 Å². The molecule has 1 aromatic carbocycles. The fraction of sp³-hybridized carbons (Fsp3) is 0.400. The monoisotopic (exact) mass is 178 g/mol. The van der Waals surface area contributed by atoms with Gasteiger partial charge in [-0.2, -0.15) is 0 Å². The lowest BCUT2D eigenvalue weighted by atomic mass is 10.1. The molecule has 1 aliphatic rings. The third-order valence-electron chi connectivity index (χ3n) is 2.37. The van der Waals surface area contributed by atoms with Gasteiger partial charge in [-0.25, -0.2) is 0 Å². The summed E-state index contributed by atoms with van der Waals surface area (Å²) in [5, 5.41) is 0. The van der Waals surface area contributed by atoms with Gasteiger partial charge in [0.05, 0.1) is 0 Å². The first-order chi connectivity index (χ1) is 6.16. The zero-order valence-electron chi connectivity index (χ0n) is 7.66. The quantitative estimate of drug-likeness (QED) is 0.628. The van der Waals surface area contributed by atoms with Crippen LogP contribution in [0.3, 0.4) is 0 Å². The summed E-state index contributed by atoms with van der Waals surface area (Å²) in [7, 11) is 0. The van der Waals surface area contributed by atoms with Gasteiger partial charge in [0.1, 0.15) is 11.9 Å². The predicted octanol–water partition coefficient (Wildman–Crippen LogP) is 0.919. The number of nitrogen functional groups attached to an aromatic ring is 1. The Morgan fingerprint density at radius 1 is 1.54 bits per heavy atom. The van der Waals surface area contributed by atoms with Crippen molar-refractivity contribution in [1.82, 2.24) is 0 Å². The second kappa shape index (κ2) is 2.92. The van der Waals surface area contributed by atoms with Gasteiger partial charge in [-0.1, -0.05) is 0 Å². The molecule has 0 fully saturated rings. The van der Waals surface area contributed by atoms with Crippen molar-refractivity contribution in [3.63, 3.8) is 0 Å². The van der Waals surface area contributed by atoms with Crippen LogP contribution < -0.4 is 16.2 Å². The second-order valence-electron chi connectivity index (χ2n) is 3.59. The van der Waals surface area contributed by atoms with E-state index in [-0.39, 0.29) is 12.1 Å². The Labute approximate surface area is 77.7 Å². The molecule has 0 spiro atoms. The molecule has 0 aliphatic carbocycles. The van der Waals surface area contributed by atoms with E-state index in [1.54, 1.807) is 0 Å². The van der Waals surface area contributed by atoms with Crippen LogP contribution in [0, 0.1) is 0 Å². The largest absolute Gasteiger partial charge is 0.488 e. The van der Waals surface area contributed by atoms with Crippen molar-refractivity contribution in [1.29, 1.82) is 0 Å². The topological polar surface area (TPSA) is 61.3 Å². The summed E-state index contributed by atoms with van der Waals surface area (Å²) < 4.78 is 5.64. The van der Waals surface area contributed by atoms with Crippen LogP contribution in [0.5, 0.6) is 5.75 Å². The minimum absolute atomic E-state index is 0.0635. The summed E-state index contributed by atoms with van der Waals surface area (Å²) in [6, 6.07) is 5.78. The number of hydrogen-bond acceptors (Lipinski definition) is 3. The summed E-state index contributed by atoms with van der Waals surface area (Å²) in [4.78, 5) is 0. The highest BCUT2D eigenvalue weighted by Gasteiger charge is 2.25. The first-order valence-corrected chi connectivity index (χ1v) is 4.47. The van der Waals surface area contributed by atoms with E-state index in [0.717, 1.165) is 17.9 Å². The first-order valence-electron chi connectivity index (χ1n) is 4.47. The third-order valence-corrected chi connectivity index (χ3v) is 2.37. The molecule has 0 saturated carbocycles. The van der Waals surface area contributed by atoms with Crippen molar-refractivity contribution in [2.75, 3.05) is 5.73 Å². The molecule has 1 aromatic rings. The number of ether oxygens (including phenoxy) is 1. The van der Waals surface area contributed by atoms with Crippen LogP contribution in [0.25, 0.3) is 0 Å². The van der Waals surface area contributed by atoms with Crippen LogP contribution in [0.15, 0.2) is 18.2 Å². The zero-order valence-corrected chi connectivity index (χ0v) is 7.66. The highest BCUT2D eigenvalue weighted by molar-refractivity contribution is 5.49. The van der Waals surface area contributed by atoms with Gasteiger partial charge >= 0.3 is 0 Å². The van der Waals surface area contributed by atoms with Crippen molar-refractivity contribution >= 4 is 5.69 Å². The van der Waals surface area contributed by atoms with Gasteiger partial charge in [0.25, 0.3) is 0 Å². The second-order valence-corrected chi connectivity index (χ2v) is 3.59. The Kier molecular flexibility index (Phi) is 1.88. The normalized spacial score (nSPS) is 22.2. The van der Waals surface area contributed by atoms with Crippen LogP contribution in [-0.4, -0.2) is 12.1 Å². The minimum atomic E-state index is 0.0635. The number of rotatable bonds is 1. The summed E-state index contributed by atoms with van der Waals surface area (Å²) in [5.41, 5.74) is 13.4. The van der Waals surface area contributed by atoms with Crippen LogP contribution in [0.2, 0.25) is 0 Å². The Morgan fingerprint density at radius 3 is 3.00 bits per heavy atom. The van der Waals surface area contributed by atoms with E-state index in [9.17, 15) is 0 Å². The van der Waals surface area contributed by atoms with E-state index in [4.69, 9.17) is 16.2 Å². The highest BCUT2D eigenvalue weighted by atomic mass is 16.5. The van der Waals surface area contributed by atoms with E-state index < -0.39 is 0 Å². The van der Waals surface area contributed by atoms with Crippen LogP contribution >= 0.6 is 0 Å². The number of benzene rings is 1. The molecule has 1 heterocycles. The van der Waals surface area contributed by atoms with Gasteiger partial charge in [-0.3, -0.25) is 0 Å². The molecule has 2 rings (SSSR count). The Bertz CT molecular complexity index is 323. The number of hydrogen-bond donors (Lipinski definition) is 2. The fourth-order valence-corrected chi connectivity index (χ4v) is 1.59. The van der Waals surface area contributed by atoms with Gasteiger partial charge in [0, 0.05) is 18.2 Å². The van der Waals surface area contributed by atoms with E-state index in [1.165, 1.54) is 5.56 Å². The molecule has 0 saturated heterocycles. The summed E-state index contributed by atoms with van der Waals surface area (Å²) in [6.07, 6.45) is 0.981. The van der Waals surface area contributed by atoms with Gasteiger partial charge in [0.2, 0.25) is 0 Å². The zero-order chi connectivity index (χ0) is 9.42. The molecule has 2 unspecified atom stereocenters. The molecule has 3 heteroatoms. The van der Waals surface area contributed by atoms with Crippen LogP contribution in [0.1, 0.15) is 12.5 Å². The molecule has 0 aromatic heterocycles. The van der Waals surface area contributed by atoms with Crippen molar-refractivity contribution in [3.05, 3.63) is 23.8 Å². The van der Waals surface area contributed by atoms with Gasteiger partial charge in [-0.15, -0.1) is 0 Å². The fourth-order valence-electron chi connectivity index (χ4n) is 1.59. The Balaban J connectivity index is 2.25. The molecule has 2 atom stereocenters. The smallest absolute Gasteiger partial charge is 0.123 e. The van der Waals surface area contributed by atoms with E-state index in [0.29, 0.717) is 0 Å². The maximum atomic E-state index is 5.76. The maximum absolute atomic E-state index is 5.76. The lowest BCUT2D eigenvalue weighted by molar-refractivity contribution is 0.206. The Morgan fingerprint density at radius 2 is 2.31 bits per heavy atom. The SMILES string of the molecule is CC(N)C1Cc2cc(N)ccc2O1. The molecular formula is C10H14N2O. The predicted molar refractivity (Wildman–Crippen MR) is 52.6 cm³/mol. The molecular weight excluding hydrogens is 164 g/mol. The lowest BCUT2D eigenvalue weighted by Crippen LogP contribution is -2.34. The average Bonchev–Trinajstić information content (AvgIpc) is 2.46. The number of nitrogens with two attached hydrogens (primary N) is 2. The van der Waals surface area contributed by atoms with E-state index >= 15 is 0 Å². The van der Waals surface area contributed by atoms with Gasteiger partial charge in [0.15, 0.2) is 0 Å². The Hall–Kier alpha value is -1.22. The molecule has 3 nitrogen and oxygen atoms in total. The molecule has 13 heavy (non-hydrogen) atoms. The summed E-state index contributed by atoms with van der Waals surface area (Å²) in [5.74, 6) is 0.927. The minimum Gasteiger partial charge on any atom is -0.488 e. The standard InChI is InChI=1S/C10H14N2O/c1-6(11)10-5-7-4-8(12)2-3-9(7)13-10/h2-4,6,10H,5,11-12H2,1H3. The molecule has 1 aliphatic heterocycles. The van der Waals surface area contributed by atoms with E-state index in [2.05, 4.69) is 0 Å². The third kappa shape index (κ3) is 1.47. The van der Waals surface area contributed by atoms with Crippen LogP contribution in [0.4, 0.5) is 5.69 Å². The van der Waals surface area contributed by atoms with Gasteiger partial charge < -0.3 is 16.2 Å². The lowest BCUT2D eigenvalue weighted by Gasteiger charge is -2.13. The van der Waals surface area contributed by atoms with Crippen molar-refractivity contribution in [2.24, 2.45) is 5.73 Å². The van der Waals surface area contributed by atoms with E-state index in [1.807, 2.05) is 25.1 Å². The average molecular weight is 178 g/mol. The van der Waals surface area contributed by atoms with Crippen LogP contribution in [-0.2, 0) is 6.42 Å². The molecule has 0 bridgehead atoms. The summed E-state index contributed by atoms with van der Waals surface area (Å²) >= 11 is 0. The van der Waals surface area contributed by atoms with Crippen molar-refractivity contribution in [2.45, 2.75) is 25.5 Å². The number of anilines is 1. The highest BCUT2D eigenvalue weighted by Crippen LogP contribution is 2.30. The molecule has 4 N–H and O–H groups in total. The summed E-state index contributed by atoms with van der Waals surface area (Å²) in [6.45, 7) is 1.96. The molecule has 70 valence electrons. The van der Waals surface area contributed by atoms with Crippen molar-refractivity contribution in [3.8, 4) is 5.75 Å². The molecule has 0 amide bonds. The van der Waals surface area contributed by atoms with Crippen molar-refractivity contribution < 1.29 is 4.74 Å².